The second kappa shape index (κ2) is 10.2. The zero-order valence-electron chi connectivity index (χ0n) is 22.1. The van der Waals surface area contributed by atoms with E-state index in [0.717, 1.165) is 65.5 Å². The van der Waals surface area contributed by atoms with Crippen molar-refractivity contribution >= 4 is 29.1 Å². The largest absolute Gasteiger partial charge is 0.403 e. The van der Waals surface area contributed by atoms with E-state index < -0.39 is 6.17 Å². The van der Waals surface area contributed by atoms with Crippen LogP contribution in [0.2, 0.25) is 0 Å². The molecule has 4 aromatic rings. The summed E-state index contributed by atoms with van der Waals surface area (Å²) in [5, 5.41) is 14.8. The summed E-state index contributed by atoms with van der Waals surface area (Å²) in [5.74, 6) is 1.02. The molecule has 3 aliphatic rings. The van der Waals surface area contributed by atoms with Crippen LogP contribution in [0.15, 0.2) is 76.1 Å². The highest BCUT2D eigenvalue weighted by Gasteiger charge is 2.35. The van der Waals surface area contributed by atoms with Gasteiger partial charge in [0.25, 0.3) is 5.89 Å². The van der Waals surface area contributed by atoms with Crippen LogP contribution in [-0.4, -0.2) is 58.3 Å². The van der Waals surface area contributed by atoms with E-state index in [-0.39, 0.29) is 30.6 Å². The summed E-state index contributed by atoms with van der Waals surface area (Å²) >= 11 is 0. The minimum Gasteiger partial charge on any atom is -0.403 e. The number of aryl methyl sites for hydroxylation is 1. The van der Waals surface area contributed by atoms with Gasteiger partial charge in [0.15, 0.2) is 0 Å². The number of aromatic nitrogens is 3. The van der Waals surface area contributed by atoms with E-state index in [4.69, 9.17) is 19.1 Å². The van der Waals surface area contributed by atoms with Crippen molar-refractivity contribution in [3.63, 3.8) is 0 Å². The summed E-state index contributed by atoms with van der Waals surface area (Å²) in [6, 6.07) is 21.7. The number of aliphatic imine (C=N–C) groups is 1. The molecule has 2 unspecified atom stereocenters. The predicted octanol–water partition coefficient (Wildman–Crippen LogP) is 4.43. The first-order valence-corrected chi connectivity index (χ1v) is 13.6. The number of anilines is 3. The zero-order chi connectivity index (χ0) is 27.1. The number of morpholine rings is 1. The summed E-state index contributed by atoms with van der Waals surface area (Å²) < 4.78 is 12.1. The van der Waals surface area contributed by atoms with Crippen molar-refractivity contribution in [3.05, 3.63) is 83.6 Å². The van der Waals surface area contributed by atoms with Gasteiger partial charge in [0.2, 0.25) is 5.91 Å². The normalized spacial score (nSPS) is 22.1. The lowest BCUT2D eigenvalue weighted by molar-refractivity contribution is -0.116. The number of nitrogens with one attached hydrogen (secondary N) is 2. The first kappa shape index (κ1) is 24.5. The van der Waals surface area contributed by atoms with E-state index in [1.165, 1.54) is 0 Å². The third kappa shape index (κ3) is 4.82. The third-order valence-corrected chi connectivity index (χ3v) is 7.47. The van der Waals surface area contributed by atoms with Gasteiger partial charge >= 0.3 is 6.01 Å². The molecular formula is C30H29N7O3. The second-order valence-corrected chi connectivity index (χ2v) is 10.4. The van der Waals surface area contributed by atoms with Crippen LogP contribution in [0, 0.1) is 6.92 Å². The van der Waals surface area contributed by atoms with Crippen molar-refractivity contribution in [1.82, 2.24) is 15.2 Å². The summed E-state index contributed by atoms with van der Waals surface area (Å²) in [6.45, 7) is 3.55. The molecule has 10 nitrogen and oxygen atoms in total. The van der Waals surface area contributed by atoms with Crippen LogP contribution in [0.4, 0.5) is 17.5 Å². The van der Waals surface area contributed by atoms with Crippen molar-refractivity contribution in [2.24, 2.45) is 4.99 Å². The van der Waals surface area contributed by atoms with E-state index in [2.05, 4.69) is 25.7 Å². The molecule has 0 aliphatic carbocycles. The van der Waals surface area contributed by atoms with Gasteiger partial charge in [-0.2, -0.15) is 0 Å². The standard InChI is InChI=1S/C30H29N7O3/c1-18-11-14-23(28(31-18)37-16-20-12-13-21(17-37)39-20)29-35-36-30(40-29)34-25-15-26(38)32-24-10-6-5-9-22(24)27(33-25)19-7-3-2-4-8-19/h2-11,14,20-21,25H,12-13,15-17H2,1H3,(H,32,38)(H,34,36)/t20?,21?,25-/m1/s1. The molecule has 2 fully saturated rings. The first-order chi connectivity index (χ1) is 19.6. The molecule has 2 N–H and O–H groups in total. The molecule has 0 spiro atoms. The highest BCUT2D eigenvalue weighted by atomic mass is 16.5. The van der Waals surface area contributed by atoms with Crippen molar-refractivity contribution in [2.45, 2.75) is 44.6 Å². The Balaban J connectivity index is 1.20. The lowest BCUT2D eigenvalue weighted by Gasteiger charge is -2.33. The highest BCUT2D eigenvalue weighted by Crippen LogP contribution is 2.35. The van der Waals surface area contributed by atoms with Gasteiger partial charge in [-0.15, -0.1) is 5.10 Å². The summed E-state index contributed by atoms with van der Waals surface area (Å²) in [5.41, 5.74) is 4.96. The number of para-hydroxylation sites is 1. The van der Waals surface area contributed by atoms with Crippen LogP contribution in [0.3, 0.4) is 0 Å². The molecule has 2 aromatic carbocycles. The smallest absolute Gasteiger partial charge is 0.317 e. The molecule has 40 heavy (non-hydrogen) atoms. The number of pyridine rings is 1. The molecule has 10 heteroatoms. The van der Waals surface area contributed by atoms with Crippen molar-refractivity contribution in [1.29, 1.82) is 0 Å². The molecule has 202 valence electrons. The Kier molecular flexibility index (Phi) is 6.24. The van der Waals surface area contributed by atoms with E-state index in [1.807, 2.05) is 73.7 Å². The molecular weight excluding hydrogens is 506 g/mol. The average molecular weight is 536 g/mol. The van der Waals surface area contributed by atoms with Gasteiger partial charge in [0, 0.05) is 29.9 Å². The van der Waals surface area contributed by atoms with E-state index in [0.29, 0.717) is 5.89 Å². The minimum absolute atomic E-state index is 0.0935. The predicted molar refractivity (Wildman–Crippen MR) is 152 cm³/mol. The maximum Gasteiger partial charge on any atom is 0.317 e. The van der Waals surface area contributed by atoms with Crippen molar-refractivity contribution in [2.75, 3.05) is 28.6 Å². The molecule has 0 saturated carbocycles. The molecule has 2 saturated heterocycles. The molecule has 5 heterocycles. The number of carbonyl (C=O) groups is 1. The van der Waals surface area contributed by atoms with Crippen molar-refractivity contribution in [3.8, 4) is 11.5 Å². The van der Waals surface area contributed by atoms with Crippen molar-refractivity contribution < 1.29 is 13.9 Å². The molecule has 2 bridgehead atoms. The number of rotatable bonds is 5. The fourth-order valence-electron chi connectivity index (χ4n) is 5.63. The lowest BCUT2D eigenvalue weighted by atomic mass is 9.99. The zero-order valence-corrected chi connectivity index (χ0v) is 22.1. The quantitative estimate of drug-likeness (QED) is 0.386. The van der Waals surface area contributed by atoms with Crippen LogP contribution in [-0.2, 0) is 9.53 Å². The Morgan fingerprint density at radius 2 is 1.70 bits per heavy atom. The van der Waals surface area contributed by atoms with Gasteiger partial charge < -0.3 is 24.7 Å². The lowest BCUT2D eigenvalue weighted by Crippen LogP contribution is -2.43. The monoisotopic (exact) mass is 535 g/mol. The maximum atomic E-state index is 12.9. The summed E-state index contributed by atoms with van der Waals surface area (Å²) in [4.78, 5) is 25.0. The highest BCUT2D eigenvalue weighted by molar-refractivity contribution is 6.17. The summed E-state index contributed by atoms with van der Waals surface area (Å²) in [6.07, 6.45) is 2.06. The molecule has 3 atom stereocenters. The Hall–Kier alpha value is -4.57. The van der Waals surface area contributed by atoms with Crippen LogP contribution in [0.25, 0.3) is 11.5 Å². The Morgan fingerprint density at radius 1 is 0.925 bits per heavy atom. The van der Waals surface area contributed by atoms with Crippen LogP contribution < -0.4 is 15.5 Å². The number of amides is 1. The van der Waals surface area contributed by atoms with Gasteiger partial charge in [-0.3, -0.25) is 9.79 Å². The minimum atomic E-state index is -0.623. The van der Waals surface area contributed by atoms with Gasteiger partial charge in [-0.1, -0.05) is 53.6 Å². The van der Waals surface area contributed by atoms with Crippen LogP contribution in [0.5, 0.6) is 0 Å². The number of hydrogen-bond acceptors (Lipinski definition) is 9. The molecule has 7 rings (SSSR count). The number of hydrogen-bond donors (Lipinski definition) is 2. The molecule has 2 aromatic heterocycles. The number of benzene rings is 2. The Labute approximate surface area is 231 Å². The Morgan fingerprint density at radius 3 is 2.52 bits per heavy atom. The second-order valence-electron chi connectivity index (χ2n) is 10.4. The van der Waals surface area contributed by atoms with Gasteiger partial charge in [0.1, 0.15) is 12.0 Å². The number of ether oxygens (including phenoxy) is 1. The first-order valence-electron chi connectivity index (χ1n) is 13.6. The topological polar surface area (TPSA) is 118 Å². The average Bonchev–Trinajstić information content (AvgIpc) is 3.56. The number of fused-ring (bicyclic) bond motifs is 3. The SMILES string of the molecule is Cc1ccc(-c2nnc(N[C@@H]3CC(=O)Nc4ccccc4C(c4ccccc4)=N3)o2)c(N2CC3CCC(C2)O3)n1. The van der Waals surface area contributed by atoms with Gasteiger partial charge in [0.05, 0.1) is 35.6 Å². The molecule has 1 amide bonds. The molecule has 3 aliphatic heterocycles. The van der Waals surface area contributed by atoms with Crippen LogP contribution in [0.1, 0.15) is 36.1 Å². The number of nitrogens with zero attached hydrogens (tertiary/aromatic N) is 5. The fraction of sp³-hybridized carbons (Fsp3) is 0.300. The van der Waals surface area contributed by atoms with Gasteiger partial charge in [-0.05, 0) is 38.0 Å². The maximum absolute atomic E-state index is 12.9. The van der Waals surface area contributed by atoms with Gasteiger partial charge in [-0.25, -0.2) is 4.98 Å². The fourth-order valence-corrected chi connectivity index (χ4v) is 5.63. The van der Waals surface area contributed by atoms with E-state index in [9.17, 15) is 4.79 Å². The number of carbonyl (C=O) groups excluding carboxylic acids is 1. The summed E-state index contributed by atoms with van der Waals surface area (Å²) in [7, 11) is 0. The molecule has 0 radical (unpaired) electrons. The third-order valence-electron chi connectivity index (χ3n) is 7.47. The van der Waals surface area contributed by atoms with Crippen LogP contribution >= 0.6 is 0 Å². The Bertz CT molecular complexity index is 1570. The van der Waals surface area contributed by atoms with E-state index >= 15 is 0 Å². The van der Waals surface area contributed by atoms with E-state index in [1.54, 1.807) is 0 Å².